The zero-order valence-corrected chi connectivity index (χ0v) is 36.6. The van der Waals surface area contributed by atoms with Gasteiger partial charge < -0.3 is 37.2 Å². The van der Waals surface area contributed by atoms with Crippen molar-refractivity contribution in [1.29, 1.82) is 0 Å². The first-order chi connectivity index (χ1) is 28.0. The Bertz CT molecular complexity index is 1780. The van der Waals surface area contributed by atoms with Gasteiger partial charge >= 0.3 is 0 Å². The molecular weight excluding hydrogens is 801 g/mol. The molecule has 2 heterocycles. The fraction of sp³-hybridized carbons (Fsp3) is 0.500. The van der Waals surface area contributed by atoms with Gasteiger partial charge in [-0.15, -0.1) is 24.8 Å². The number of nitrogens with zero attached hydrogens (tertiary/aromatic N) is 2. The van der Waals surface area contributed by atoms with Gasteiger partial charge in [-0.05, 0) is 86.9 Å². The Labute approximate surface area is 368 Å². The van der Waals surface area contributed by atoms with Gasteiger partial charge in [0.1, 0.15) is 18.1 Å². The van der Waals surface area contributed by atoms with Crippen molar-refractivity contribution in [2.75, 3.05) is 26.2 Å². The molecule has 5 amide bonds. The average Bonchev–Trinajstić information content (AvgIpc) is 3.59. The van der Waals surface area contributed by atoms with Gasteiger partial charge in [-0.25, -0.2) is 0 Å². The van der Waals surface area contributed by atoms with E-state index in [2.05, 4.69) is 28.1 Å². The van der Waals surface area contributed by atoms with Gasteiger partial charge in [0.25, 0.3) is 0 Å². The summed E-state index contributed by atoms with van der Waals surface area (Å²) in [4.78, 5) is 72.9. The van der Waals surface area contributed by atoms with Crippen molar-refractivity contribution in [2.24, 2.45) is 23.3 Å². The molecule has 7 N–H and O–H groups in total. The van der Waals surface area contributed by atoms with Crippen LogP contribution in [0.2, 0.25) is 0 Å². The minimum atomic E-state index is -1.00. The van der Waals surface area contributed by atoms with Crippen molar-refractivity contribution in [2.45, 2.75) is 108 Å². The lowest BCUT2D eigenvalue weighted by Gasteiger charge is -2.38. The van der Waals surface area contributed by atoms with E-state index < -0.39 is 41.9 Å². The first kappa shape index (κ1) is 49.9. The van der Waals surface area contributed by atoms with Crippen LogP contribution < -0.4 is 27.4 Å². The molecule has 5 atom stereocenters. The maximum absolute atomic E-state index is 14.1. The number of likely N-dealkylation sites (tertiary alicyclic amines) is 2. The monoisotopic (exact) mass is 865 g/mol. The largest absolute Gasteiger partial charge is 0.343 e. The third-order valence-corrected chi connectivity index (χ3v) is 11.3. The van der Waals surface area contributed by atoms with E-state index in [4.69, 9.17) is 11.5 Å². The summed E-state index contributed by atoms with van der Waals surface area (Å²) in [5.74, 6) is -1.41. The molecule has 60 heavy (non-hydrogen) atoms. The van der Waals surface area contributed by atoms with Crippen LogP contribution in [-0.4, -0.2) is 95.7 Å². The lowest BCUT2D eigenvalue weighted by molar-refractivity contribution is -0.140. The Morgan fingerprint density at radius 3 is 1.75 bits per heavy atom. The standard InChI is InChI=1S/C46H63N7O5.2ClH/c1-32(2)28-40(51-44(56)41(31-35-18-10-5-11-19-35)50-42(54)38(48)30-34-16-8-4-9-17-34)43(55)49-39(20-12-13-24-47)46(58)52-25-22-37(23-26-52)53-27-21-36(45(53)57)29-33-14-6-3-7-15-33;;/h3-11,14-19,32,36-41H,12-13,20-31,47-48H2,1-2H3,(H,49,55)(H,50,54)(H,51,56);2*1H/t36?,38-,39-,40-,41-;;/m1../s1. The maximum Gasteiger partial charge on any atom is 0.245 e. The maximum atomic E-state index is 14.1. The Balaban J connectivity index is 0.00000480. The van der Waals surface area contributed by atoms with Crippen LogP contribution >= 0.6 is 24.8 Å². The zero-order chi connectivity index (χ0) is 41.4. The molecule has 2 saturated heterocycles. The van der Waals surface area contributed by atoms with Gasteiger partial charge in [0, 0.05) is 38.0 Å². The van der Waals surface area contributed by atoms with E-state index in [9.17, 15) is 24.0 Å². The number of nitrogens with one attached hydrogen (secondary N) is 3. The topological polar surface area (TPSA) is 180 Å². The van der Waals surface area contributed by atoms with Gasteiger partial charge in [-0.1, -0.05) is 105 Å². The summed E-state index contributed by atoms with van der Waals surface area (Å²) in [5, 5.41) is 8.78. The molecule has 2 aliphatic heterocycles. The van der Waals surface area contributed by atoms with E-state index in [1.165, 1.54) is 5.56 Å². The van der Waals surface area contributed by atoms with Gasteiger partial charge in [-0.2, -0.15) is 0 Å². The smallest absolute Gasteiger partial charge is 0.245 e. The lowest BCUT2D eigenvalue weighted by atomic mass is 9.97. The SMILES string of the molecule is CC(C)C[C@@H](NC(=O)[C@@H](Cc1ccccc1)NC(=O)[C@H](N)Cc1ccccc1)C(=O)N[C@H](CCCCN)C(=O)N1CCC(N2CCC(Cc3ccccc3)C2=O)CC1.Cl.Cl. The van der Waals surface area contributed by atoms with Crippen LogP contribution in [0.15, 0.2) is 91.0 Å². The minimum absolute atomic E-state index is 0. The van der Waals surface area contributed by atoms with Crippen LogP contribution in [0, 0.1) is 11.8 Å². The Hall–Kier alpha value is -4.49. The number of benzene rings is 3. The Morgan fingerprint density at radius 1 is 0.667 bits per heavy atom. The molecule has 3 aromatic rings. The van der Waals surface area contributed by atoms with Crippen molar-refractivity contribution in [3.63, 3.8) is 0 Å². The van der Waals surface area contributed by atoms with E-state index in [1.807, 2.05) is 97.6 Å². The number of piperidine rings is 1. The van der Waals surface area contributed by atoms with Crippen LogP contribution in [0.3, 0.4) is 0 Å². The molecule has 0 bridgehead atoms. The van der Waals surface area contributed by atoms with Crippen molar-refractivity contribution in [3.05, 3.63) is 108 Å². The van der Waals surface area contributed by atoms with E-state index in [-0.39, 0.29) is 60.9 Å². The highest BCUT2D eigenvalue weighted by Gasteiger charge is 2.39. The van der Waals surface area contributed by atoms with Crippen molar-refractivity contribution >= 4 is 54.3 Å². The number of carbonyl (C=O) groups excluding carboxylic acids is 5. The summed E-state index contributed by atoms with van der Waals surface area (Å²) in [5.41, 5.74) is 15.0. The number of hydrogen-bond acceptors (Lipinski definition) is 7. The molecule has 0 aliphatic carbocycles. The molecule has 0 radical (unpaired) electrons. The quantitative estimate of drug-likeness (QED) is 0.105. The molecule has 5 rings (SSSR count). The van der Waals surface area contributed by atoms with Gasteiger partial charge in [0.2, 0.25) is 29.5 Å². The molecule has 328 valence electrons. The predicted octanol–water partition coefficient (Wildman–Crippen LogP) is 4.35. The average molecular weight is 867 g/mol. The van der Waals surface area contributed by atoms with E-state index >= 15 is 0 Å². The summed E-state index contributed by atoms with van der Waals surface area (Å²) in [6.07, 6.45) is 5.48. The molecule has 12 nitrogen and oxygen atoms in total. The predicted molar refractivity (Wildman–Crippen MR) is 240 cm³/mol. The summed E-state index contributed by atoms with van der Waals surface area (Å²) in [7, 11) is 0. The van der Waals surface area contributed by atoms with Crippen LogP contribution in [0.25, 0.3) is 0 Å². The number of amides is 5. The number of nitrogens with two attached hydrogens (primary N) is 2. The fourth-order valence-corrected chi connectivity index (χ4v) is 8.13. The van der Waals surface area contributed by atoms with E-state index in [1.54, 1.807) is 4.90 Å². The normalized spacial score (nSPS) is 17.4. The highest BCUT2D eigenvalue weighted by molar-refractivity contribution is 5.95. The van der Waals surface area contributed by atoms with Crippen molar-refractivity contribution < 1.29 is 24.0 Å². The van der Waals surface area contributed by atoms with E-state index in [0.29, 0.717) is 64.6 Å². The summed E-state index contributed by atoms with van der Waals surface area (Å²) >= 11 is 0. The van der Waals surface area contributed by atoms with Gasteiger partial charge in [-0.3, -0.25) is 24.0 Å². The summed E-state index contributed by atoms with van der Waals surface area (Å²) < 4.78 is 0. The van der Waals surface area contributed by atoms with Gasteiger partial charge in [0.05, 0.1) is 6.04 Å². The zero-order valence-electron chi connectivity index (χ0n) is 35.0. The minimum Gasteiger partial charge on any atom is -0.343 e. The lowest BCUT2D eigenvalue weighted by Crippen LogP contribution is -2.59. The third-order valence-electron chi connectivity index (χ3n) is 11.3. The molecule has 14 heteroatoms. The molecule has 0 saturated carbocycles. The number of halogens is 2. The number of rotatable bonds is 20. The highest BCUT2D eigenvalue weighted by atomic mass is 35.5. The molecule has 0 spiro atoms. The van der Waals surface area contributed by atoms with Crippen molar-refractivity contribution in [1.82, 2.24) is 25.8 Å². The molecule has 2 aliphatic rings. The highest BCUT2D eigenvalue weighted by Crippen LogP contribution is 2.28. The third kappa shape index (κ3) is 14.9. The fourth-order valence-electron chi connectivity index (χ4n) is 8.13. The van der Waals surface area contributed by atoms with Crippen LogP contribution in [-0.2, 0) is 43.2 Å². The Kier molecular flexibility index (Phi) is 21.0. The molecular formula is C46H65Cl2N7O5. The van der Waals surface area contributed by atoms with Crippen LogP contribution in [0.4, 0.5) is 0 Å². The molecule has 1 unspecified atom stereocenters. The first-order valence-electron chi connectivity index (χ1n) is 21.1. The molecule has 3 aromatic carbocycles. The Morgan fingerprint density at radius 2 is 1.18 bits per heavy atom. The van der Waals surface area contributed by atoms with Crippen molar-refractivity contribution in [3.8, 4) is 0 Å². The molecule has 0 aromatic heterocycles. The van der Waals surface area contributed by atoms with E-state index in [0.717, 1.165) is 30.5 Å². The summed E-state index contributed by atoms with van der Waals surface area (Å²) in [6.45, 7) is 6.08. The second-order valence-corrected chi connectivity index (χ2v) is 16.3. The number of carbonyl (C=O) groups is 5. The first-order valence-corrected chi connectivity index (χ1v) is 21.1. The second kappa shape index (κ2) is 25.3. The number of hydrogen-bond donors (Lipinski definition) is 5. The van der Waals surface area contributed by atoms with Crippen LogP contribution in [0.5, 0.6) is 0 Å². The van der Waals surface area contributed by atoms with Gasteiger partial charge in [0.15, 0.2) is 0 Å². The number of unbranched alkanes of at least 4 members (excludes halogenated alkanes) is 1. The summed E-state index contributed by atoms with van der Waals surface area (Å²) in [6, 6.07) is 25.3. The van der Waals surface area contributed by atoms with Crippen LogP contribution in [0.1, 0.15) is 75.5 Å². The molecule has 2 fully saturated rings. The second-order valence-electron chi connectivity index (χ2n) is 16.3.